The zero-order valence-corrected chi connectivity index (χ0v) is 17.6. The van der Waals surface area contributed by atoms with Crippen LogP contribution in [0.2, 0.25) is 0 Å². The van der Waals surface area contributed by atoms with Gasteiger partial charge in [0.15, 0.2) is 11.8 Å². The van der Waals surface area contributed by atoms with E-state index in [2.05, 4.69) is 10.3 Å². The largest absolute Gasteiger partial charge is 0.507 e. The summed E-state index contributed by atoms with van der Waals surface area (Å²) in [5.41, 5.74) is 0.852. The molecule has 0 radical (unpaired) electrons. The fraction of sp³-hybridized carbons (Fsp3) is 0.300. The van der Waals surface area contributed by atoms with Crippen molar-refractivity contribution in [3.05, 3.63) is 53.8 Å². The van der Waals surface area contributed by atoms with Crippen LogP contribution in [0.25, 0.3) is 0 Å². The molecule has 8 nitrogen and oxygen atoms in total. The Morgan fingerprint density at radius 3 is 2.57 bits per heavy atom. The van der Waals surface area contributed by atoms with Gasteiger partial charge in [0.05, 0.1) is 0 Å². The number of phenolic OH excluding ortho intramolecular Hbond substituents is 1. The summed E-state index contributed by atoms with van der Waals surface area (Å²) < 4.78 is 0. The Morgan fingerprint density at radius 1 is 1.17 bits per heavy atom. The Bertz CT molecular complexity index is 869. The number of aromatic hydroxyl groups is 1. The van der Waals surface area contributed by atoms with Gasteiger partial charge in [-0.2, -0.15) is 0 Å². The van der Waals surface area contributed by atoms with E-state index < -0.39 is 24.0 Å². The van der Waals surface area contributed by atoms with Crippen molar-refractivity contribution < 1.29 is 29.7 Å². The third-order valence-electron chi connectivity index (χ3n) is 4.05. The predicted octanol–water partition coefficient (Wildman–Crippen LogP) is 2.49. The lowest BCUT2D eigenvalue weighted by atomic mass is 10.0. The van der Waals surface area contributed by atoms with Crippen LogP contribution in [0.15, 0.2) is 53.2 Å². The number of hydrogen-bond acceptors (Lipinski definition) is 8. The van der Waals surface area contributed by atoms with E-state index in [1.807, 2.05) is 6.08 Å². The summed E-state index contributed by atoms with van der Waals surface area (Å²) in [4.78, 5) is 38.6. The van der Waals surface area contributed by atoms with Gasteiger partial charge in [-0.25, -0.2) is 9.59 Å². The lowest BCUT2D eigenvalue weighted by Crippen LogP contribution is -2.36. The number of carbonyl (C=O) groups excluding carboxylic acids is 1. The van der Waals surface area contributed by atoms with Crippen molar-refractivity contribution in [2.45, 2.75) is 24.9 Å². The number of ketones is 1. The molecule has 0 saturated carbocycles. The van der Waals surface area contributed by atoms with Crippen LogP contribution in [-0.4, -0.2) is 62.8 Å². The molecule has 0 aliphatic heterocycles. The van der Waals surface area contributed by atoms with Gasteiger partial charge in [-0.3, -0.25) is 9.79 Å². The molecule has 0 saturated heterocycles. The van der Waals surface area contributed by atoms with Gasteiger partial charge in [0.1, 0.15) is 11.8 Å². The van der Waals surface area contributed by atoms with E-state index in [0.717, 1.165) is 0 Å². The molecule has 2 rings (SSSR count). The van der Waals surface area contributed by atoms with E-state index >= 15 is 0 Å². The second kappa shape index (κ2) is 12.1. The molecule has 1 aromatic rings. The van der Waals surface area contributed by atoms with Gasteiger partial charge in [0.25, 0.3) is 0 Å². The molecule has 0 amide bonds. The minimum atomic E-state index is -1.12. The fourth-order valence-corrected chi connectivity index (χ4v) is 4.64. The Kier molecular flexibility index (Phi) is 9.49. The number of nitrogens with zero attached hydrogens (tertiary/aromatic N) is 1. The number of aliphatic carboxylic acids is 2. The van der Waals surface area contributed by atoms with Crippen LogP contribution < -0.4 is 5.32 Å². The van der Waals surface area contributed by atoms with Gasteiger partial charge >= 0.3 is 11.9 Å². The summed E-state index contributed by atoms with van der Waals surface area (Å²) in [5, 5.41) is 31.1. The van der Waals surface area contributed by atoms with Crippen molar-refractivity contribution >= 4 is 45.5 Å². The first-order valence-electron chi connectivity index (χ1n) is 9.05. The average molecular weight is 451 g/mol. The highest BCUT2D eigenvalue weighted by Crippen LogP contribution is 2.24. The average Bonchev–Trinajstić information content (AvgIpc) is 2.71. The minimum Gasteiger partial charge on any atom is -0.507 e. The molecular weight excluding hydrogens is 428 g/mol. The van der Waals surface area contributed by atoms with Crippen molar-refractivity contribution in [1.82, 2.24) is 5.32 Å². The van der Waals surface area contributed by atoms with Crippen molar-refractivity contribution in [3.63, 3.8) is 0 Å². The lowest BCUT2D eigenvalue weighted by Gasteiger charge is -2.14. The molecule has 0 bridgehead atoms. The van der Waals surface area contributed by atoms with Gasteiger partial charge in [0, 0.05) is 41.5 Å². The lowest BCUT2D eigenvalue weighted by molar-refractivity contribution is -0.139. The molecule has 160 valence electrons. The first-order chi connectivity index (χ1) is 14.4. The Morgan fingerprint density at radius 2 is 1.90 bits per heavy atom. The van der Waals surface area contributed by atoms with E-state index in [1.54, 1.807) is 24.3 Å². The number of phenols is 1. The maximum Gasteiger partial charge on any atom is 0.329 e. The highest BCUT2D eigenvalue weighted by Gasteiger charge is 2.20. The van der Waals surface area contributed by atoms with E-state index in [0.29, 0.717) is 24.0 Å². The Balaban J connectivity index is 1.85. The topological polar surface area (TPSA) is 136 Å². The number of hydrogen-bond donors (Lipinski definition) is 4. The number of para-hydroxylation sites is 1. The molecule has 10 heteroatoms. The molecule has 0 fully saturated rings. The first kappa shape index (κ1) is 23.6. The number of carboxylic acids is 2. The summed E-state index contributed by atoms with van der Waals surface area (Å²) >= 11 is 0. The summed E-state index contributed by atoms with van der Waals surface area (Å²) in [6, 6.07) is 4.48. The molecule has 1 aliphatic rings. The van der Waals surface area contributed by atoms with E-state index in [1.165, 1.54) is 40.1 Å². The van der Waals surface area contributed by atoms with Crippen molar-refractivity contribution in [2.75, 3.05) is 11.5 Å². The van der Waals surface area contributed by atoms with Crippen LogP contribution in [0.1, 0.15) is 18.4 Å². The van der Waals surface area contributed by atoms with Crippen LogP contribution in [0.3, 0.4) is 0 Å². The van der Waals surface area contributed by atoms with Crippen molar-refractivity contribution in [3.8, 4) is 5.75 Å². The van der Waals surface area contributed by atoms with E-state index in [4.69, 9.17) is 0 Å². The van der Waals surface area contributed by atoms with Gasteiger partial charge in [-0.05, 0) is 18.6 Å². The van der Waals surface area contributed by atoms with E-state index in [-0.39, 0.29) is 23.0 Å². The number of carboxylic acid groups (broad SMARTS) is 2. The van der Waals surface area contributed by atoms with Crippen LogP contribution in [0.4, 0.5) is 0 Å². The summed E-state index contributed by atoms with van der Waals surface area (Å²) in [7, 11) is 2.39. The molecule has 2 atom stereocenters. The Hall–Kier alpha value is -2.72. The van der Waals surface area contributed by atoms with Crippen LogP contribution in [0, 0.1) is 0 Å². The normalized spacial score (nSPS) is 17.2. The van der Waals surface area contributed by atoms with Crippen molar-refractivity contribution in [2.24, 2.45) is 4.99 Å². The van der Waals surface area contributed by atoms with E-state index in [9.17, 15) is 29.7 Å². The number of carbonyl (C=O) groups is 3. The molecule has 30 heavy (non-hydrogen) atoms. The number of rotatable bonds is 11. The van der Waals surface area contributed by atoms with Crippen LogP contribution in [-0.2, 0) is 14.4 Å². The number of allylic oxidation sites excluding steroid dienone is 3. The molecule has 4 N–H and O–H groups in total. The quantitative estimate of drug-likeness (QED) is 0.173. The third-order valence-corrected chi connectivity index (χ3v) is 6.46. The number of nitrogens with one attached hydrogen (secondary N) is 1. The standard InChI is InChI=1S/C20H22N2O6S2/c23-17-7-3-1-5-13(17)9-21-15(19(25)26)11-29-30-12-16(20(27)28)22-10-14-6-2-4-8-18(14)24/h1-3,5-7,9-10,15-16,22-23H,4,8,11-12H2,(H,25,26)(H,27,28)/b14-10-,21-9?. The first-order valence-corrected chi connectivity index (χ1v) is 11.5. The number of Topliss-reactive ketones (excluding diaryl/α,β-unsaturated/α-hetero) is 1. The third kappa shape index (κ3) is 7.60. The Labute approximate surface area is 181 Å². The number of aliphatic imine (C=N–C) groups is 1. The second-order valence-electron chi connectivity index (χ2n) is 6.28. The summed E-state index contributed by atoms with van der Waals surface area (Å²) in [5.74, 6) is -1.93. The number of benzene rings is 1. The fourth-order valence-electron chi connectivity index (χ4n) is 2.35. The minimum absolute atomic E-state index is 0.00297. The molecule has 0 aromatic heterocycles. The molecule has 1 aromatic carbocycles. The van der Waals surface area contributed by atoms with Gasteiger partial charge in [-0.15, -0.1) is 0 Å². The highest BCUT2D eigenvalue weighted by molar-refractivity contribution is 8.76. The van der Waals surface area contributed by atoms with Crippen LogP contribution in [0.5, 0.6) is 5.75 Å². The molecule has 1 aliphatic carbocycles. The predicted molar refractivity (Wildman–Crippen MR) is 118 cm³/mol. The van der Waals surface area contributed by atoms with Crippen molar-refractivity contribution in [1.29, 1.82) is 0 Å². The summed E-state index contributed by atoms with van der Waals surface area (Å²) in [6.07, 6.45) is 7.34. The monoisotopic (exact) mass is 450 g/mol. The maximum absolute atomic E-state index is 11.8. The second-order valence-corrected chi connectivity index (χ2v) is 8.83. The molecular formula is C20H22N2O6S2. The molecule has 0 spiro atoms. The SMILES string of the molecule is O=C1CCC=C/C1=C/NC(CSSCC(N=Cc1ccccc1O)C(=O)O)C(=O)O. The van der Waals surface area contributed by atoms with Crippen LogP contribution >= 0.6 is 21.6 Å². The maximum atomic E-state index is 11.8. The zero-order valence-electron chi connectivity index (χ0n) is 15.9. The smallest absolute Gasteiger partial charge is 0.329 e. The molecule has 0 heterocycles. The van der Waals surface area contributed by atoms with Gasteiger partial charge in [-0.1, -0.05) is 45.9 Å². The highest BCUT2D eigenvalue weighted by atomic mass is 33.1. The van der Waals surface area contributed by atoms with Gasteiger partial charge in [0.2, 0.25) is 0 Å². The summed E-state index contributed by atoms with van der Waals surface area (Å²) in [6.45, 7) is 0. The van der Waals surface area contributed by atoms with Gasteiger partial charge < -0.3 is 20.6 Å². The molecule has 2 unspecified atom stereocenters. The zero-order chi connectivity index (χ0) is 21.9.